The van der Waals surface area contributed by atoms with Gasteiger partial charge < -0.3 is 5.32 Å². The fourth-order valence-corrected chi connectivity index (χ4v) is 3.36. The molecule has 0 amide bonds. The number of hydrogen-bond donors (Lipinski definition) is 1. The van der Waals surface area contributed by atoms with Crippen LogP contribution >= 0.6 is 0 Å². The number of nitrogens with one attached hydrogen (secondary N) is 1. The van der Waals surface area contributed by atoms with E-state index < -0.39 is 0 Å². The largest absolute Gasteiger partial charge is 0.310 e. The molecule has 0 radical (unpaired) electrons. The molecule has 2 unspecified atom stereocenters. The molecule has 0 aliphatic heterocycles. The second-order valence-corrected chi connectivity index (χ2v) is 6.35. The summed E-state index contributed by atoms with van der Waals surface area (Å²) in [5.41, 5.74) is 5.89. The van der Waals surface area contributed by atoms with Crippen molar-refractivity contribution in [3.05, 3.63) is 70.8 Å². The van der Waals surface area contributed by atoms with Gasteiger partial charge in [0.15, 0.2) is 0 Å². The SMILES string of the molecule is Cc1ccc2c(c1)C(NCCC(C)c1ccccc1)CC2. The second kappa shape index (κ2) is 6.44. The van der Waals surface area contributed by atoms with E-state index in [2.05, 4.69) is 67.7 Å². The number of benzene rings is 2. The van der Waals surface area contributed by atoms with Gasteiger partial charge in [-0.3, -0.25) is 0 Å². The summed E-state index contributed by atoms with van der Waals surface area (Å²) in [4.78, 5) is 0. The summed E-state index contributed by atoms with van der Waals surface area (Å²) in [6, 6.07) is 18.3. The van der Waals surface area contributed by atoms with E-state index >= 15 is 0 Å². The van der Waals surface area contributed by atoms with Crippen LogP contribution in [0.3, 0.4) is 0 Å². The molecule has 0 aromatic heterocycles. The van der Waals surface area contributed by atoms with Crippen molar-refractivity contribution in [3.8, 4) is 0 Å². The van der Waals surface area contributed by atoms with Gasteiger partial charge in [0.1, 0.15) is 0 Å². The number of fused-ring (bicyclic) bond motifs is 1. The highest BCUT2D eigenvalue weighted by Crippen LogP contribution is 2.32. The van der Waals surface area contributed by atoms with Gasteiger partial charge in [0.2, 0.25) is 0 Å². The number of rotatable bonds is 5. The van der Waals surface area contributed by atoms with Gasteiger partial charge in [-0.2, -0.15) is 0 Å². The van der Waals surface area contributed by atoms with E-state index in [4.69, 9.17) is 0 Å². The van der Waals surface area contributed by atoms with Crippen molar-refractivity contribution < 1.29 is 0 Å². The van der Waals surface area contributed by atoms with Crippen molar-refractivity contribution >= 4 is 0 Å². The van der Waals surface area contributed by atoms with E-state index in [1.807, 2.05) is 0 Å². The molecule has 1 N–H and O–H groups in total. The van der Waals surface area contributed by atoms with Gasteiger partial charge in [-0.25, -0.2) is 0 Å². The van der Waals surface area contributed by atoms with Crippen molar-refractivity contribution in [2.24, 2.45) is 0 Å². The normalized spacial score (nSPS) is 18.5. The molecular weight excluding hydrogens is 254 g/mol. The van der Waals surface area contributed by atoms with Crippen LogP contribution < -0.4 is 5.32 Å². The summed E-state index contributed by atoms with van der Waals surface area (Å²) in [6.45, 7) is 5.60. The van der Waals surface area contributed by atoms with Crippen LogP contribution in [0.2, 0.25) is 0 Å². The Bertz CT molecular complexity index is 588. The molecule has 0 heterocycles. The van der Waals surface area contributed by atoms with Crippen molar-refractivity contribution in [3.63, 3.8) is 0 Å². The van der Waals surface area contributed by atoms with E-state index in [-0.39, 0.29) is 0 Å². The van der Waals surface area contributed by atoms with Crippen molar-refractivity contribution in [1.82, 2.24) is 5.32 Å². The van der Waals surface area contributed by atoms with Crippen molar-refractivity contribution in [2.75, 3.05) is 6.54 Å². The summed E-state index contributed by atoms with van der Waals surface area (Å²) in [7, 11) is 0. The lowest BCUT2D eigenvalue weighted by molar-refractivity contribution is 0.501. The topological polar surface area (TPSA) is 12.0 Å². The fraction of sp³-hybridized carbons (Fsp3) is 0.400. The molecule has 1 aliphatic rings. The van der Waals surface area contributed by atoms with Gasteiger partial charge in [-0.15, -0.1) is 0 Å². The predicted molar refractivity (Wildman–Crippen MR) is 89.7 cm³/mol. The molecule has 1 aliphatic carbocycles. The minimum absolute atomic E-state index is 0.558. The molecule has 0 saturated heterocycles. The lowest BCUT2D eigenvalue weighted by Gasteiger charge is -2.17. The third-order valence-corrected chi connectivity index (χ3v) is 4.72. The average Bonchev–Trinajstić information content (AvgIpc) is 2.90. The first-order valence-electron chi connectivity index (χ1n) is 8.12. The Morgan fingerprint density at radius 1 is 1.14 bits per heavy atom. The maximum Gasteiger partial charge on any atom is 0.0326 e. The van der Waals surface area contributed by atoms with Crippen LogP contribution in [0, 0.1) is 6.92 Å². The Morgan fingerprint density at radius 2 is 1.95 bits per heavy atom. The number of hydrogen-bond acceptors (Lipinski definition) is 1. The molecular formula is C20H25N. The zero-order valence-electron chi connectivity index (χ0n) is 13.1. The Kier molecular flexibility index (Phi) is 4.40. The quantitative estimate of drug-likeness (QED) is 0.831. The highest BCUT2D eigenvalue weighted by atomic mass is 14.9. The Morgan fingerprint density at radius 3 is 2.76 bits per heavy atom. The molecule has 0 spiro atoms. The Hall–Kier alpha value is -1.60. The van der Waals surface area contributed by atoms with Crippen LogP contribution in [0.15, 0.2) is 48.5 Å². The molecule has 0 fully saturated rings. The van der Waals surface area contributed by atoms with E-state index in [1.54, 1.807) is 0 Å². The van der Waals surface area contributed by atoms with Gasteiger partial charge in [-0.05, 0) is 55.3 Å². The minimum Gasteiger partial charge on any atom is -0.310 e. The highest BCUT2D eigenvalue weighted by Gasteiger charge is 2.21. The second-order valence-electron chi connectivity index (χ2n) is 6.35. The van der Waals surface area contributed by atoms with Crippen molar-refractivity contribution in [1.29, 1.82) is 0 Å². The zero-order valence-corrected chi connectivity index (χ0v) is 13.1. The first-order valence-corrected chi connectivity index (χ1v) is 8.12. The molecule has 2 aromatic carbocycles. The zero-order chi connectivity index (χ0) is 14.7. The summed E-state index contributed by atoms with van der Waals surface area (Å²) in [5.74, 6) is 0.622. The Labute approximate surface area is 128 Å². The molecule has 1 nitrogen and oxygen atoms in total. The van der Waals surface area contributed by atoms with E-state index in [9.17, 15) is 0 Å². The maximum atomic E-state index is 3.77. The lowest BCUT2D eigenvalue weighted by atomic mass is 9.97. The molecule has 3 rings (SSSR count). The summed E-state index contributed by atoms with van der Waals surface area (Å²) < 4.78 is 0. The predicted octanol–water partition coefficient (Wildman–Crippen LogP) is 4.77. The lowest BCUT2D eigenvalue weighted by Crippen LogP contribution is -2.21. The number of aryl methyl sites for hydroxylation is 2. The summed E-state index contributed by atoms with van der Waals surface area (Å²) in [6.07, 6.45) is 3.67. The smallest absolute Gasteiger partial charge is 0.0326 e. The molecule has 1 heteroatoms. The molecule has 2 aromatic rings. The van der Waals surface area contributed by atoms with Crippen LogP contribution in [0.1, 0.15) is 54.0 Å². The Balaban J connectivity index is 1.54. The summed E-state index contributed by atoms with van der Waals surface area (Å²) in [5, 5.41) is 3.77. The van der Waals surface area contributed by atoms with E-state index in [0.29, 0.717) is 12.0 Å². The third kappa shape index (κ3) is 3.36. The van der Waals surface area contributed by atoms with Crippen LogP contribution in [-0.2, 0) is 6.42 Å². The van der Waals surface area contributed by atoms with Gasteiger partial charge in [0, 0.05) is 6.04 Å². The highest BCUT2D eigenvalue weighted by molar-refractivity contribution is 5.37. The monoisotopic (exact) mass is 279 g/mol. The molecule has 110 valence electrons. The molecule has 0 bridgehead atoms. The first-order chi connectivity index (χ1) is 10.2. The van der Waals surface area contributed by atoms with Crippen molar-refractivity contribution in [2.45, 2.75) is 45.1 Å². The minimum atomic E-state index is 0.558. The molecule has 0 saturated carbocycles. The van der Waals surface area contributed by atoms with Gasteiger partial charge >= 0.3 is 0 Å². The average molecular weight is 279 g/mol. The molecule has 21 heavy (non-hydrogen) atoms. The van der Waals surface area contributed by atoms with E-state index in [1.165, 1.54) is 41.5 Å². The van der Waals surface area contributed by atoms with E-state index in [0.717, 1.165) is 6.54 Å². The van der Waals surface area contributed by atoms with Gasteiger partial charge in [0.05, 0.1) is 0 Å². The first kappa shape index (κ1) is 14.3. The molecule has 2 atom stereocenters. The maximum absolute atomic E-state index is 3.77. The van der Waals surface area contributed by atoms with Crippen LogP contribution in [0.5, 0.6) is 0 Å². The third-order valence-electron chi connectivity index (χ3n) is 4.72. The van der Waals surface area contributed by atoms with Crippen LogP contribution in [0.4, 0.5) is 0 Å². The standard InChI is InChI=1S/C20H25N/c1-15-8-9-18-10-11-20(19(18)14-15)21-13-12-16(2)17-6-4-3-5-7-17/h3-9,14,16,20-21H,10-13H2,1-2H3. The van der Waals surface area contributed by atoms with Gasteiger partial charge in [0.25, 0.3) is 0 Å². The van der Waals surface area contributed by atoms with Crippen LogP contribution in [-0.4, -0.2) is 6.54 Å². The fourth-order valence-electron chi connectivity index (χ4n) is 3.36. The summed E-state index contributed by atoms with van der Waals surface area (Å²) >= 11 is 0. The van der Waals surface area contributed by atoms with Gasteiger partial charge in [-0.1, -0.05) is 61.0 Å². The van der Waals surface area contributed by atoms with Crippen LogP contribution in [0.25, 0.3) is 0 Å².